The first-order valence-corrected chi connectivity index (χ1v) is 8.30. The predicted octanol–water partition coefficient (Wildman–Crippen LogP) is 1.85. The molecule has 0 aromatic heterocycles. The second kappa shape index (κ2) is 6.01. The van der Waals surface area contributed by atoms with Gasteiger partial charge in [0.2, 0.25) is 5.91 Å². The van der Waals surface area contributed by atoms with Crippen molar-refractivity contribution in [3.05, 3.63) is 29.6 Å². The number of carbonyl (C=O) groups is 1. The van der Waals surface area contributed by atoms with Crippen LogP contribution in [0.3, 0.4) is 0 Å². The van der Waals surface area contributed by atoms with Crippen LogP contribution in [-0.2, 0) is 16.0 Å². The van der Waals surface area contributed by atoms with Crippen LogP contribution < -0.4 is 0 Å². The number of likely N-dealkylation sites (tertiary alicyclic amines) is 1. The Balaban J connectivity index is 1.62. The van der Waals surface area contributed by atoms with E-state index in [1.54, 1.807) is 18.1 Å². The van der Waals surface area contributed by atoms with E-state index in [0.717, 1.165) is 0 Å². The van der Waals surface area contributed by atoms with Crippen molar-refractivity contribution in [2.45, 2.75) is 44.3 Å². The minimum Gasteiger partial charge on any atom is -0.505 e. The lowest BCUT2D eigenvalue weighted by atomic mass is 9.51. The fourth-order valence-electron chi connectivity index (χ4n) is 4.24. The summed E-state index contributed by atoms with van der Waals surface area (Å²) in [6.07, 6.45) is 1.76. The molecule has 0 bridgehead atoms. The summed E-state index contributed by atoms with van der Waals surface area (Å²) in [6.45, 7) is 3.15. The number of aliphatic hydroxyl groups excluding tert-OH is 1. The van der Waals surface area contributed by atoms with Gasteiger partial charge in [0, 0.05) is 32.0 Å². The van der Waals surface area contributed by atoms with Gasteiger partial charge in [-0.1, -0.05) is 6.07 Å². The first kappa shape index (κ1) is 17.2. The standard InChI is InChI=1S/C18H24FNO4/c1-17(24-2)11-15(22)18(17)5-7-20(8-6-18)16(23)10-12-3-4-14(21)13(19)9-12/h3-4,9,15,21-22H,5-8,10-11H2,1-2H3/t15?,17-/m0/s1. The van der Waals surface area contributed by atoms with E-state index >= 15 is 0 Å². The Hall–Kier alpha value is -1.66. The number of aromatic hydroxyl groups is 1. The summed E-state index contributed by atoms with van der Waals surface area (Å²) in [6, 6.07) is 4.01. The molecule has 1 aliphatic heterocycles. The summed E-state index contributed by atoms with van der Waals surface area (Å²) in [5.74, 6) is -1.20. The van der Waals surface area contributed by atoms with E-state index < -0.39 is 11.6 Å². The fraction of sp³-hybridized carbons (Fsp3) is 0.611. The second-order valence-corrected chi connectivity index (χ2v) is 7.15. The Labute approximate surface area is 141 Å². The molecule has 2 aliphatic rings. The molecule has 2 atom stereocenters. The van der Waals surface area contributed by atoms with E-state index in [0.29, 0.717) is 37.9 Å². The average Bonchev–Trinajstić information content (AvgIpc) is 2.58. The summed E-state index contributed by atoms with van der Waals surface area (Å²) in [4.78, 5) is 14.2. The molecule has 0 radical (unpaired) electrons. The molecule has 1 spiro atoms. The highest BCUT2D eigenvalue weighted by Crippen LogP contribution is 2.57. The number of rotatable bonds is 3. The molecule has 1 unspecified atom stereocenters. The predicted molar refractivity (Wildman–Crippen MR) is 86.1 cm³/mol. The Morgan fingerprint density at radius 3 is 2.62 bits per heavy atom. The van der Waals surface area contributed by atoms with Crippen LogP contribution in [0.2, 0.25) is 0 Å². The number of benzene rings is 1. The van der Waals surface area contributed by atoms with E-state index in [9.17, 15) is 19.4 Å². The molecule has 1 aliphatic carbocycles. The van der Waals surface area contributed by atoms with Crippen LogP contribution in [0.5, 0.6) is 5.75 Å². The number of amides is 1. The number of aliphatic hydroxyl groups is 1. The summed E-state index contributed by atoms with van der Waals surface area (Å²) < 4.78 is 19.0. The first-order valence-electron chi connectivity index (χ1n) is 8.30. The number of halogens is 1. The number of carbonyl (C=O) groups excluding carboxylic acids is 1. The van der Waals surface area contributed by atoms with Crippen molar-refractivity contribution in [3.8, 4) is 5.75 Å². The molecular weight excluding hydrogens is 313 g/mol. The average molecular weight is 337 g/mol. The molecular formula is C18H24FNO4. The van der Waals surface area contributed by atoms with Gasteiger partial charge < -0.3 is 19.8 Å². The van der Waals surface area contributed by atoms with Crippen molar-refractivity contribution in [3.63, 3.8) is 0 Å². The lowest BCUT2D eigenvalue weighted by molar-refractivity contribution is -0.261. The second-order valence-electron chi connectivity index (χ2n) is 7.15. The van der Waals surface area contributed by atoms with Gasteiger partial charge >= 0.3 is 0 Å². The number of hydrogen-bond acceptors (Lipinski definition) is 4. The summed E-state index contributed by atoms with van der Waals surface area (Å²) in [5, 5.41) is 19.5. The number of phenols is 1. The highest BCUT2D eigenvalue weighted by Gasteiger charge is 2.63. The van der Waals surface area contributed by atoms with Gasteiger partial charge in [0.05, 0.1) is 18.1 Å². The lowest BCUT2D eigenvalue weighted by Gasteiger charge is -2.62. The number of phenolic OH excluding ortho intramolecular Hbond substituents is 1. The van der Waals surface area contributed by atoms with Crippen molar-refractivity contribution >= 4 is 5.91 Å². The molecule has 5 nitrogen and oxygen atoms in total. The molecule has 1 heterocycles. The molecule has 1 saturated heterocycles. The van der Waals surface area contributed by atoms with Crippen molar-refractivity contribution in [1.29, 1.82) is 0 Å². The van der Waals surface area contributed by atoms with Gasteiger partial charge in [0.1, 0.15) is 0 Å². The Kier molecular flexibility index (Phi) is 4.30. The Bertz CT molecular complexity index is 642. The lowest BCUT2D eigenvalue weighted by Crippen LogP contribution is -2.69. The molecule has 2 fully saturated rings. The molecule has 24 heavy (non-hydrogen) atoms. The zero-order valence-electron chi connectivity index (χ0n) is 14.1. The monoisotopic (exact) mass is 337 g/mol. The SMILES string of the molecule is CO[C@@]1(C)CC(O)C12CCN(C(=O)Cc1ccc(O)c(F)c1)CC2. The van der Waals surface area contributed by atoms with E-state index in [2.05, 4.69) is 0 Å². The summed E-state index contributed by atoms with van der Waals surface area (Å²) in [7, 11) is 1.67. The van der Waals surface area contributed by atoms with Gasteiger partial charge in [-0.05, 0) is 37.5 Å². The topological polar surface area (TPSA) is 70.0 Å². The molecule has 3 rings (SSSR count). The Morgan fingerprint density at radius 1 is 1.42 bits per heavy atom. The zero-order chi connectivity index (χ0) is 17.5. The molecule has 6 heteroatoms. The van der Waals surface area contributed by atoms with Crippen LogP contribution in [0.15, 0.2) is 18.2 Å². The molecule has 1 amide bonds. The highest BCUT2D eigenvalue weighted by molar-refractivity contribution is 5.79. The van der Waals surface area contributed by atoms with Gasteiger partial charge in [-0.15, -0.1) is 0 Å². The minimum atomic E-state index is -0.716. The largest absolute Gasteiger partial charge is 0.505 e. The molecule has 1 saturated carbocycles. The van der Waals surface area contributed by atoms with Crippen LogP contribution >= 0.6 is 0 Å². The quantitative estimate of drug-likeness (QED) is 0.883. The van der Waals surface area contributed by atoms with E-state index in [-0.39, 0.29) is 29.4 Å². The van der Waals surface area contributed by atoms with Crippen LogP contribution in [0.25, 0.3) is 0 Å². The maximum Gasteiger partial charge on any atom is 0.226 e. The fourth-order valence-corrected chi connectivity index (χ4v) is 4.24. The summed E-state index contributed by atoms with van der Waals surface area (Å²) in [5.41, 5.74) is -0.0637. The van der Waals surface area contributed by atoms with Gasteiger partial charge in [-0.2, -0.15) is 0 Å². The number of nitrogens with zero attached hydrogens (tertiary/aromatic N) is 1. The smallest absolute Gasteiger partial charge is 0.226 e. The maximum atomic E-state index is 13.4. The van der Waals surface area contributed by atoms with Gasteiger partial charge in [-0.25, -0.2) is 4.39 Å². The number of ether oxygens (including phenoxy) is 1. The highest BCUT2D eigenvalue weighted by atomic mass is 19.1. The third kappa shape index (κ3) is 2.58. The Morgan fingerprint density at radius 2 is 2.08 bits per heavy atom. The third-order valence-electron chi connectivity index (χ3n) is 6.10. The van der Waals surface area contributed by atoms with E-state index in [4.69, 9.17) is 4.74 Å². The molecule has 1 aromatic carbocycles. The first-order chi connectivity index (χ1) is 11.3. The van der Waals surface area contributed by atoms with Crippen LogP contribution in [-0.4, -0.2) is 52.9 Å². The van der Waals surface area contributed by atoms with E-state index in [1.165, 1.54) is 12.1 Å². The number of hydrogen-bond donors (Lipinski definition) is 2. The number of methoxy groups -OCH3 is 1. The van der Waals surface area contributed by atoms with Crippen LogP contribution in [0, 0.1) is 11.2 Å². The zero-order valence-corrected chi connectivity index (χ0v) is 14.1. The van der Waals surface area contributed by atoms with E-state index in [1.807, 2.05) is 6.92 Å². The van der Waals surface area contributed by atoms with Crippen molar-refractivity contribution in [2.75, 3.05) is 20.2 Å². The maximum absolute atomic E-state index is 13.4. The van der Waals surface area contributed by atoms with Gasteiger partial charge in [-0.3, -0.25) is 4.79 Å². The third-order valence-corrected chi connectivity index (χ3v) is 6.10. The molecule has 2 N–H and O–H groups in total. The van der Waals surface area contributed by atoms with Crippen molar-refractivity contribution in [2.24, 2.45) is 5.41 Å². The van der Waals surface area contributed by atoms with Crippen molar-refractivity contribution in [1.82, 2.24) is 4.90 Å². The molecule has 132 valence electrons. The van der Waals surface area contributed by atoms with Gasteiger partial charge in [0.25, 0.3) is 0 Å². The van der Waals surface area contributed by atoms with Crippen LogP contribution in [0.4, 0.5) is 4.39 Å². The number of piperidine rings is 1. The van der Waals surface area contributed by atoms with Gasteiger partial charge in [0.15, 0.2) is 11.6 Å². The summed E-state index contributed by atoms with van der Waals surface area (Å²) >= 11 is 0. The van der Waals surface area contributed by atoms with Crippen LogP contribution in [0.1, 0.15) is 31.7 Å². The normalized spacial score (nSPS) is 28.7. The minimum absolute atomic E-state index is 0.0668. The molecule has 1 aromatic rings. The van der Waals surface area contributed by atoms with Crippen molar-refractivity contribution < 1.29 is 24.1 Å².